The maximum Gasteiger partial charge on any atom is 0.224 e. The molecule has 0 atom stereocenters. The Hall–Kier alpha value is -0.280. The van der Waals surface area contributed by atoms with Gasteiger partial charge in [-0.3, -0.25) is 4.79 Å². The zero-order chi connectivity index (χ0) is 9.78. The second kappa shape index (κ2) is 4.67. The predicted molar refractivity (Wildman–Crippen MR) is 49.3 cm³/mol. The van der Waals surface area contributed by atoms with E-state index < -0.39 is 5.54 Å². The van der Waals surface area contributed by atoms with Gasteiger partial charge in [0.15, 0.2) is 0 Å². The molecule has 0 aromatic carbocycles. The van der Waals surface area contributed by atoms with Gasteiger partial charge in [0.1, 0.15) is 0 Å². The van der Waals surface area contributed by atoms with E-state index in [1.807, 2.05) is 0 Å². The van der Waals surface area contributed by atoms with Gasteiger partial charge in [0.25, 0.3) is 0 Å². The molecule has 4 heteroatoms. The Morgan fingerprint density at radius 2 is 2.08 bits per heavy atom. The van der Waals surface area contributed by atoms with Crippen LogP contribution < -0.4 is 0 Å². The van der Waals surface area contributed by atoms with Gasteiger partial charge in [-0.05, 0) is 13.8 Å². The van der Waals surface area contributed by atoms with E-state index in [-0.39, 0.29) is 12.5 Å². The van der Waals surface area contributed by atoms with Crippen molar-refractivity contribution < 1.29 is 9.90 Å². The fourth-order valence-corrected chi connectivity index (χ4v) is 0.854. The summed E-state index contributed by atoms with van der Waals surface area (Å²) in [6.45, 7) is 3.57. The zero-order valence-corrected chi connectivity index (χ0v) is 8.56. The summed E-state index contributed by atoms with van der Waals surface area (Å²) in [5, 5.41) is 8.95. The SMILES string of the molecule is CN(C(=O)CCCl)C(C)(C)CO. The number of aliphatic hydroxyl groups is 1. The van der Waals surface area contributed by atoms with Gasteiger partial charge in [-0.2, -0.15) is 0 Å². The van der Waals surface area contributed by atoms with Crippen LogP contribution in [-0.4, -0.2) is 41.0 Å². The fraction of sp³-hybridized carbons (Fsp3) is 0.875. The van der Waals surface area contributed by atoms with Gasteiger partial charge in [-0.1, -0.05) is 0 Å². The lowest BCUT2D eigenvalue weighted by atomic mass is 10.1. The smallest absolute Gasteiger partial charge is 0.224 e. The van der Waals surface area contributed by atoms with E-state index in [4.69, 9.17) is 16.7 Å². The lowest BCUT2D eigenvalue weighted by Gasteiger charge is -2.33. The van der Waals surface area contributed by atoms with Crippen molar-refractivity contribution in [2.45, 2.75) is 25.8 Å². The molecule has 3 nitrogen and oxygen atoms in total. The Balaban J connectivity index is 4.17. The van der Waals surface area contributed by atoms with Crippen molar-refractivity contribution in [2.24, 2.45) is 0 Å². The van der Waals surface area contributed by atoms with Gasteiger partial charge in [-0.25, -0.2) is 0 Å². The molecule has 0 aromatic rings. The number of hydrogen-bond donors (Lipinski definition) is 1. The Bertz CT molecular complexity index is 159. The highest BCUT2D eigenvalue weighted by molar-refractivity contribution is 6.18. The molecular weight excluding hydrogens is 178 g/mol. The first kappa shape index (κ1) is 11.7. The molecule has 0 aromatic heterocycles. The predicted octanol–water partition coefficient (Wildman–Crippen LogP) is 0.845. The van der Waals surface area contributed by atoms with Crippen LogP contribution in [0, 0.1) is 0 Å². The Labute approximate surface area is 78.3 Å². The standard InChI is InChI=1S/C8H16ClNO2/c1-8(2,6-11)10(3)7(12)4-5-9/h11H,4-6H2,1-3H3. The molecule has 0 unspecified atom stereocenters. The topological polar surface area (TPSA) is 40.5 Å². The highest BCUT2D eigenvalue weighted by Gasteiger charge is 2.25. The number of alkyl halides is 1. The van der Waals surface area contributed by atoms with Crippen LogP contribution in [0.2, 0.25) is 0 Å². The van der Waals surface area contributed by atoms with Crippen LogP contribution in [0.5, 0.6) is 0 Å². The normalized spacial score (nSPS) is 11.4. The largest absolute Gasteiger partial charge is 0.394 e. The Morgan fingerprint density at radius 3 is 2.42 bits per heavy atom. The number of halogens is 1. The van der Waals surface area contributed by atoms with Crippen molar-refractivity contribution in [1.82, 2.24) is 4.90 Å². The first-order chi connectivity index (χ1) is 5.45. The monoisotopic (exact) mass is 193 g/mol. The van der Waals surface area contributed by atoms with E-state index in [0.29, 0.717) is 12.3 Å². The van der Waals surface area contributed by atoms with Crippen LogP contribution in [0.25, 0.3) is 0 Å². The zero-order valence-electron chi connectivity index (χ0n) is 7.80. The van der Waals surface area contributed by atoms with Gasteiger partial charge in [0, 0.05) is 19.3 Å². The summed E-state index contributed by atoms with van der Waals surface area (Å²) in [5.41, 5.74) is -0.497. The minimum atomic E-state index is -0.497. The molecule has 0 saturated heterocycles. The number of aliphatic hydroxyl groups excluding tert-OH is 1. The Kier molecular flexibility index (Phi) is 4.57. The molecular formula is C8H16ClNO2. The first-order valence-corrected chi connectivity index (χ1v) is 4.42. The van der Waals surface area contributed by atoms with Gasteiger partial charge in [-0.15, -0.1) is 11.6 Å². The van der Waals surface area contributed by atoms with Crippen molar-refractivity contribution in [3.8, 4) is 0 Å². The molecule has 1 N–H and O–H groups in total. The van der Waals surface area contributed by atoms with E-state index in [0.717, 1.165) is 0 Å². The molecule has 0 aliphatic rings. The number of carbonyl (C=O) groups is 1. The molecule has 0 radical (unpaired) electrons. The quantitative estimate of drug-likeness (QED) is 0.673. The molecule has 0 saturated carbocycles. The molecule has 1 amide bonds. The lowest BCUT2D eigenvalue weighted by molar-refractivity contribution is -0.135. The summed E-state index contributed by atoms with van der Waals surface area (Å²) >= 11 is 5.42. The van der Waals surface area contributed by atoms with Crippen molar-refractivity contribution in [3.05, 3.63) is 0 Å². The minimum absolute atomic E-state index is 0.0379. The summed E-state index contributed by atoms with van der Waals surface area (Å²) < 4.78 is 0. The minimum Gasteiger partial charge on any atom is -0.394 e. The highest BCUT2D eigenvalue weighted by Crippen LogP contribution is 2.12. The Morgan fingerprint density at radius 1 is 1.58 bits per heavy atom. The van der Waals surface area contributed by atoms with Gasteiger partial charge < -0.3 is 10.0 Å². The molecule has 12 heavy (non-hydrogen) atoms. The number of likely N-dealkylation sites (N-methyl/N-ethyl adjacent to an activating group) is 1. The summed E-state index contributed by atoms with van der Waals surface area (Å²) in [6, 6.07) is 0. The number of nitrogens with zero attached hydrogens (tertiary/aromatic N) is 1. The molecule has 0 rings (SSSR count). The summed E-state index contributed by atoms with van der Waals surface area (Å²) in [7, 11) is 1.67. The molecule has 72 valence electrons. The summed E-state index contributed by atoms with van der Waals surface area (Å²) in [4.78, 5) is 12.8. The van der Waals surface area contributed by atoms with Gasteiger partial charge >= 0.3 is 0 Å². The maximum atomic E-state index is 11.3. The average molecular weight is 194 g/mol. The van der Waals surface area contributed by atoms with Crippen LogP contribution in [-0.2, 0) is 4.79 Å². The molecule has 0 heterocycles. The number of hydrogen-bond acceptors (Lipinski definition) is 2. The fourth-order valence-electron chi connectivity index (χ4n) is 0.692. The number of rotatable bonds is 4. The lowest BCUT2D eigenvalue weighted by Crippen LogP contribution is -2.47. The van der Waals surface area contributed by atoms with Crippen molar-refractivity contribution in [2.75, 3.05) is 19.5 Å². The van der Waals surface area contributed by atoms with Crippen LogP contribution in [0.1, 0.15) is 20.3 Å². The van der Waals surface area contributed by atoms with E-state index >= 15 is 0 Å². The van der Waals surface area contributed by atoms with E-state index in [2.05, 4.69) is 0 Å². The van der Waals surface area contributed by atoms with E-state index in [1.165, 1.54) is 4.90 Å². The summed E-state index contributed by atoms with van der Waals surface area (Å²) in [5.74, 6) is 0.286. The number of carbonyl (C=O) groups excluding carboxylic acids is 1. The third kappa shape index (κ3) is 2.99. The van der Waals surface area contributed by atoms with Crippen LogP contribution in [0.3, 0.4) is 0 Å². The highest BCUT2D eigenvalue weighted by atomic mass is 35.5. The van der Waals surface area contributed by atoms with Crippen LogP contribution in [0.4, 0.5) is 0 Å². The van der Waals surface area contributed by atoms with Crippen molar-refractivity contribution in [3.63, 3.8) is 0 Å². The van der Waals surface area contributed by atoms with Crippen LogP contribution in [0.15, 0.2) is 0 Å². The number of amides is 1. The van der Waals surface area contributed by atoms with Crippen molar-refractivity contribution >= 4 is 17.5 Å². The third-order valence-electron chi connectivity index (χ3n) is 1.98. The van der Waals surface area contributed by atoms with E-state index in [9.17, 15) is 4.79 Å². The molecule has 0 fully saturated rings. The molecule has 0 aliphatic heterocycles. The average Bonchev–Trinajstić information content (AvgIpc) is 2.03. The van der Waals surface area contributed by atoms with E-state index in [1.54, 1.807) is 20.9 Å². The summed E-state index contributed by atoms with van der Waals surface area (Å²) in [6.07, 6.45) is 0.321. The maximum absolute atomic E-state index is 11.3. The van der Waals surface area contributed by atoms with Gasteiger partial charge in [0.2, 0.25) is 5.91 Å². The second-order valence-electron chi connectivity index (χ2n) is 3.36. The third-order valence-corrected chi connectivity index (χ3v) is 2.17. The van der Waals surface area contributed by atoms with Crippen molar-refractivity contribution in [1.29, 1.82) is 0 Å². The molecule has 0 bridgehead atoms. The van der Waals surface area contributed by atoms with Crippen LogP contribution >= 0.6 is 11.6 Å². The first-order valence-electron chi connectivity index (χ1n) is 3.89. The molecule has 0 aliphatic carbocycles. The van der Waals surface area contributed by atoms with Gasteiger partial charge in [0.05, 0.1) is 12.1 Å². The molecule has 0 spiro atoms. The second-order valence-corrected chi connectivity index (χ2v) is 3.74.